The molecule has 0 saturated carbocycles. The van der Waals surface area contributed by atoms with Gasteiger partial charge in [-0.2, -0.15) is 5.10 Å². The normalized spacial score (nSPS) is 10.4. The number of rotatable bonds is 8. The molecule has 0 saturated heterocycles. The van der Waals surface area contributed by atoms with Gasteiger partial charge in [-0.25, -0.2) is 5.43 Å². The smallest absolute Gasteiger partial charge is 0.329 e. The maximum atomic E-state index is 11.9. The number of amides is 2. The summed E-state index contributed by atoms with van der Waals surface area (Å²) in [5.74, 6) is -0.329. The van der Waals surface area contributed by atoms with Crippen LogP contribution in [0, 0.1) is 0 Å². The molecule has 142 valence electrons. The maximum Gasteiger partial charge on any atom is 0.329 e. The molecule has 0 unspecified atom stereocenters. The Morgan fingerprint density at radius 3 is 2.56 bits per heavy atom. The number of nitrogens with zero attached hydrogens (tertiary/aromatic N) is 1. The molecular weight excluding hydrogens is 346 g/mol. The Hall–Kier alpha value is -3.35. The SMILES string of the molecule is CCCCOc1ccc(C=NNC(=O)C(=O)Nc2cccc(OC)c2)cc1. The molecule has 0 heterocycles. The second-order valence-electron chi connectivity index (χ2n) is 5.66. The van der Waals surface area contributed by atoms with Crippen LogP contribution in [0.4, 0.5) is 5.69 Å². The van der Waals surface area contributed by atoms with E-state index >= 15 is 0 Å². The van der Waals surface area contributed by atoms with Crippen molar-refractivity contribution >= 4 is 23.7 Å². The van der Waals surface area contributed by atoms with Gasteiger partial charge in [0.05, 0.1) is 19.9 Å². The van der Waals surface area contributed by atoms with Crippen molar-refractivity contribution in [1.82, 2.24) is 5.43 Å². The van der Waals surface area contributed by atoms with Gasteiger partial charge in [0.15, 0.2) is 0 Å². The topological polar surface area (TPSA) is 89.0 Å². The van der Waals surface area contributed by atoms with Gasteiger partial charge in [-0.1, -0.05) is 19.4 Å². The summed E-state index contributed by atoms with van der Waals surface area (Å²) < 4.78 is 10.6. The van der Waals surface area contributed by atoms with Crippen molar-refractivity contribution in [2.24, 2.45) is 5.10 Å². The van der Waals surface area contributed by atoms with E-state index in [1.807, 2.05) is 24.3 Å². The Morgan fingerprint density at radius 1 is 1.07 bits per heavy atom. The zero-order valence-corrected chi connectivity index (χ0v) is 15.4. The van der Waals surface area contributed by atoms with E-state index in [1.54, 1.807) is 24.3 Å². The van der Waals surface area contributed by atoms with E-state index < -0.39 is 11.8 Å². The van der Waals surface area contributed by atoms with Crippen LogP contribution in [-0.2, 0) is 9.59 Å². The average molecular weight is 369 g/mol. The fraction of sp³-hybridized carbons (Fsp3) is 0.250. The van der Waals surface area contributed by atoms with E-state index in [4.69, 9.17) is 9.47 Å². The van der Waals surface area contributed by atoms with Gasteiger partial charge in [0.1, 0.15) is 11.5 Å². The highest BCUT2D eigenvalue weighted by molar-refractivity contribution is 6.39. The molecule has 0 aliphatic heterocycles. The minimum absolute atomic E-state index is 0.456. The van der Waals surface area contributed by atoms with Crippen LogP contribution in [0.3, 0.4) is 0 Å². The lowest BCUT2D eigenvalue weighted by atomic mass is 10.2. The maximum absolute atomic E-state index is 11.9. The predicted octanol–water partition coefficient (Wildman–Crippen LogP) is 2.96. The second-order valence-corrected chi connectivity index (χ2v) is 5.66. The summed E-state index contributed by atoms with van der Waals surface area (Å²) in [5, 5.41) is 6.27. The van der Waals surface area contributed by atoms with Crippen LogP contribution >= 0.6 is 0 Å². The molecule has 7 heteroatoms. The molecule has 0 aromatic heterocycles. The van der Waals surface area contributed by atoms with Gasteiger partial charge in [-0.3, -0.25) is 9.59 Å². The van der Waals surface area contributed by atoms with Gasteiger partial charge < -0.3 is 14.8 Å². The summed E-state index contributed by atoms with van der Waals surface area (Å²) in [6.07, 6.45) is 3.54. The predicted molar refractivity (Wildman–Crippen MR) is 104 cm³/mol. The van der Waals surface area contributed by atoms with Gasteiger partial charge in [-0.05, 0) is 48.4 Å². The minimum Gasteiger partial charge on any atom is -0.497 e. The third-order valence-electron chi connectivity index (χ3n) is 3.56. The molecule has 2 N–H and O–H groups in total. The van der Waals surface area contributed by atoms with E-state index in [2.05, 4.69) is 22.8 Å². The lowest BCUT2D eigenvalue weighted by Gasteiger charge is -2.06. The number of unbranched alkanes of at least 4 members (excludes halogenated alkanes) is 1. The van der Waals surface area contributed by atoms with Crippen molar-refractivity contribution in [3.05, 3.63) is 54.1 Å². The summed E-state index contributed by atoms with van der Waals surface area (Å²) >= 11 is 0. The van der Waals surface area contributed by atoms with E-state index in [9.17, 15) is 9.59 Å². The van der Waals surface area contributed by atoms with E-state index in [0.717, 1.165) is 24.2 Å². The third-order valence-corrected chi connectivity index (χ3v) is 3.56. The first-order valence-electron chi connectivity index (χ1n) is 8.63. The van der Waals surface area contributed by atoms with Gasteiger partial charge in [-0.15, -0.1) is 0 Å². The Kier molecular flexibility index (Phi) is 7.84. The van der Waals surface area contributed by atoms with Crippen LogP contribution in [0.1, 0.15) is 25.3 Å². The number of methoxy groups -OCH3 is 1. The van der Waals surface area contributed by atoms with Gasteiger partial charge in [0.2, 0.25) is 0 Å². The van der Waals surface area contributed by atoms with Crippen molar-refractivity contribution in [2.75, 3.05) is 19.0 Å². The van der Waals surface area contributed by atoms with E-state index in [-0.39, 0.29) is 0 Å². The number of carbonyl (C=O) groups excluding carboxylic acids is 2. The summed E-state index contributed by atoms with van der Waals surface area (Å²) in [7, 11) is 1.52. The molecule has 0 bridgehead atoms. The molecule has 2 amide bonds. The molecule has 0 fully saturated rings. The van der Waals surface area contributed by atoms with Crippen LogP contribution < -0.4 is 20.2 Å². The molecule has 0 radical (unpaired) electrons. The molecule has 7 nitrogen and oxygen atoms in total. The number of hydrogen-bond acceptors (Lipinski definition) is 5. The number of anilines is 1. The molecular formula is C20H23N3O4. The molecule has 2 rings (SSSR count). The van der Waals surface area contributed by atoms with Crippen molar-refractivity contribution in [1.29, 1.82) is 0 Å². The van der Waals surface area contributed by atoms with Crippen LogP contribution in [0.2, 0.25) is 0 Å². The monoisotopic (exact) mass is 369 g/mol. The summed E-state index contributed by atoms with van der Waals surface area (Å²) in [4.78, 5) is 23.7. The zero-order valence-electron chi connectivity index (χ0n) is 15.4. The first-order chi connectivity index (χ1) is 13.1. The van der Waals surface area contributed by atoms with Gasteiger partial charge >= 0.3 is 11.8 Å². The molecule has 0 spiro atoms. The van der Waals surface area contributed by atoms with Crippen LogP contribution in [0.25, 0.3) is 0 Å². The highest BCUT2D eigenvalue weighted by Crippen LogP contribution is 2.16. The molecule has 2 aromatic rings. The highest BCUT2D eigenvalue weighted by Gasteiger charge is 2.13. The number of nitrogens with one attached hydrogen (secondary N) is 2. The first kappa shape index (κ1) is 20.0. The largest absolute Gasteiger partial charge is 0.497 e. The van der Waals surface area contributed by atoms with Crippen molar-refractivity contribution < 1.29 is 19.1 Å². The molecule has 0 aliphatic carbocycles. The van der Waals surface area contributed by atoms with E-state index in [0.29, 0.717) is 18.0 Å². The number of hydrogen-bond donors (Lipinski definition) is 2. The molecule has 2 aromatic carbocycles. The molecule has 0 atom stereocenters. The summed E-state index contributed by atoms with van der Waals surface area (Å²) in [6, 6.07) is 14.0. The Bertz CT molecular complexity index is 788. The Morgan fingerprint density at radius 2 is 1.85 bits per heavy atom. The average Bonchev–Trinajstić information content (AvgIpc) is 2.69. The van der Waals surface area contributed by atoms with Crippen LogP contribution in [-0.4, -0.2) is 31.7 Å². The number of carbonyl (C=O) groups is 2. The summed E-state index contributed by atoms with van der Waals surface area (Å²) in [6.45, 7) is 2.79. The highest BCUT2D eigenvalue weighted by atomic mass is 16.5. The first-order valence-corrected chi connectivity index (χ1v) is 8.63. The quantitative estimate of drug-likeness (QED) is 0.324. The van der Waals surface area contributed by atoms with Crippen LogP contribution in [0.15, 0.2) is 53.6 Å². The standard InChI is InChI=1S/C20H23N3O4/c1-3-4-12-27-17-10-8-15(9-11-17)14-21-23-20(25)19(24)22-16-6-5-7-18(13-16)26-2/h5-11,13-14H,3-4,12H2,1-2H3,(H,22,24)(H,23,25). The van der Waals surface area contributed by atoms with Crippen molar-refractivity contribution in [3.63, 3.8) is 0 Å². The Labute approximate surface area is 158 Å². The van der Waals surface area contributed by atoms with Crippen LogP contribution in [0.5, 0.6) is 11.5 Å². The molecule has 0 aliphatic rings. The van der Waals surface area contributed by atoms with Gasteiger partial charge in [0, 0.05) is 11.8 Å². The zero-order chi connectivity index (χ0) is 19.5. The van der Waals surface area contributed by atoms with Crippen molar-refractivity contribution in [2.45, 2.75) is 19.8 Å². The Balaban J connectivity index is 1.82. The number of ether oxygens (including phenoxy) is 2. The fourth-order valence-corrected chi connectivity index (χ4v) is 2.09. The number of hydrazone groups is 1. The van der Waals surface area contributed by atoms with Gasteiger partial charge in [0.25, 0.3) is 0 Å². The second kappa shape index (κ2) is 10.6. The molecule has 27 heavy (non-hydrogen) atoms. The third kappa shape index (κ3) is 6.81. The lowest BCUT2D eigenvalue weighted by molar-refractivity contribution is -0.136. The van der Waals surface area contributed by atoms with Crippen molar-refractivity contribution in [3.8, 4) is 11.5 Å². The minimum atomic E-state index is -0.867. The summed E-state index contributed by atoms with van der Waals surface area (Å²) in [5.41, 5.74) is 3.42. The van der Waals surface area contributed by atoms with E-state index in [1.165, 1.54) is 13.3 Å². The number of benzene rings is 2. The lowest BCUT2D eigenvalue weighted by Crippen LogP contribution is -2.32. The fourth-order valence-electron chi connectivity index (χ4n) is 2.09.